The van der Waals surface area contributed by atoms with Gasteiger partial charge < -0.3 is 20.5 Å². The minimum Gasteiger partial charge on any atom is -0.346 e. The fourth-order valence-electron chi connectivity index (χ4n) is 2.32. The first-order chi connectivity index (χ1) is 9.60. The lowest BCUT2D eigenvalue weighted by molar-refractivity contribution is -0.127. The fraction of sp³-hybridized carbons (Fsp3) is 0.615. The van der Waals surface area contributed by atoms with Gasteiger partial charge in [-0.15, -0.1) is 0 Å². The van der Waals surface area contributed by atoms with E-state index in [-0.39, 0.29) is 17.9 Å². The molecule has 0 aliphatic carbocycles. The highest BCUT2D eigenvalue weighted by Crippen LogP contribution is 2.09. The van der Waals surface area contributed by atoms with E-state index in [1.807, 2.05) is 6.92 Å². The number of nitrogens with zero attached hydrogens (tertiary/aromatic N) is 3. The molecular weight excluding hydrogens is 258 g/mol. The van der Waals surface area contributed by atoms with Crippen LogP contribution in [0, 0.1) is 0 Å². The standard InChI is InChI=1S/C13H21N5O2/c1-10(7-18-5-2-3-12(18)19)16-13(20)11-8-17(6-4-14)9-15-11/h8-10H,2-7,14H2,1H3,(H,16,20). The molecule has 1 saturated heterocycles. The number of carbonyl (C=O) groups is 2. The molecule has 1 aromatic heterocycles. The Morgan fingerprint density at radius 2 is 2.40 bits per heavy atom. The van der Waals surface area contributed by atoms with Crippen LogP contribution in [0.15, 0.2) is 12.5 Å². The third-order valence-corrected chi connectivity index (χ3v) is 3.30. The highest BCUT2D eigenvalue weighted by molar-refractivity contribution is 5.92. The number of imidazole rings is 1. The molecule has 1 fully saturated rings. The van der Waals surface area contributed by atoms with E-state index in [0.29, 0.717) is 31.7 Å². The number of carbonyl (C=O) groups excluding carboxylic acids is 2. The molecule has 0 spiro atoms. The number of amides is 2. The molecule has 3 N–H and O–H groups in total. The van der Waals surface area contributed by atoms with Crippen molar-refractivity contribution in [3.63, 3.8) is 0 Å². The zero-order chi connectivity index (χ0) is 14.5. The van der Waals surface area contributed by atoms with E-state index in [4.69, 9.17) is 5.73 Å². The van der Waals surface area contributed by atoms with Crippen LogP contribution in [0.2, 0.25) is 0 Å². The Bertz CT molecular complexity index is 485. The molecule has 1 aliphatic heterocycles. The largest absolute Gasteiger partial charge is 0.346 e. The smallest absolute Gasteiger partial charge is 0.271 e. The molecule has 2 heterocycles. The SMILES string of the molecule is CC(CN1CCCC1=O)NC(=O)c1cn(CCN)cn1. The van der Waals surface area contributed by atoms with Gasteiger partial charge in [-0.3, -0.25) is 9.59 Å². The van der Waals surface area contributed by atoms with Gasteiger partial charge in [0.2, 0.25) is 5.91 Å². The Balaban J connectivity index is 1.84. The maximum atomic E-state index is 12.0. The lowest BCUT2D eigenvalue weighted by Crippen LogP contribution is -2.42. The number of hydrogen-bond acceptors (Lipinski definition) is 4. The summed E-state index contributed by atoms with van der Waals surface area (Å²) < 4.78 is 1.78. The van der Waals surface area contributed by atoms with Gasteiger partial charge in [-0.05, 0) is 13.3 Å². The molecule has 1 unspecified atom stereocenters. The molecule has 7 heteroatoms. The van der Waals surface area contributed by atoms with Crippen LogP contribution in [0.4, 0.5) is 0 Å². The van der Waals surface area contributed by atoms with Crippen molar-refractivity contribution in [3.8, 4) is 0 Å². The molecule has 0 aromatic carbocycles. The first-order valence-electron chi connectivity index (χ1n) is 6.90. The molecule has 20 heavy (non-hydrogen) atoms. The second-order valence-electron chi connectivity index (χ2n) is 5.10. The highest BCUT2D eigenvalue weighted by atomic mass is 16.2. The van der Waals surface area contributed by atoms with Crippen LogP contribution in [-0.4, -0.2) is 51.9 Å². The van der Waals surface area contributed by atoms with Crippen LogP contribution in [0.3, 0.4) is 0 Å². The maximum absolute atomic E-state index is 12.0. The van der Waals surface area contributed by atoms with Crippen molar-refractivity contribution in [1.82, 2.24) is 19.8 Å². The van der Waals surface area contributed by atoms with Gasteiger partial charge in [-0.1, -0.05) is 0 Å². The summed E-state index contributed by atoms with van der Waals surface area (Å²) in [7, 11) is 0. The third-order valence-electron chi connectivity index (χ3n) is 3.30. The minimum absolute atomic E-state index is 0.0933. The number of nitrogens with one attached hydrogen (secondary N) is 1. The molecule has 1 atom stereocenters. The van der Waals surface area contributed by atoms with Gasteiger partial charge in [-0.25, -0.2) is 4.98 Å². The maximum Gasteiger partial charge on any atom is 0.271 e. The summed E-state index contributed by atoms with van der Waals surface area (Å²) in [5, 5.41) is 2.86. The van der Waals surface area contributed by atoms with Crippen LogP contribution in [-0.2, 0) is 11.3 Å². The fourth-order valence-corrected chi connectivity index (χ4v) is 2.32. The molecule has 1 aromatic rings. The topological polar surface area (TPSA) is 93.2 Å². The number of aromatic nitrogens is 2. The lowest BCUT2D eigenvalue weighted by atomic mass is 10.3. The number of likely N-dealkylation sites (tertiary alicyclic amines) is 1. The van der Waals surface area contributed by atoms with E-state index in [0.717, 1.165) is 13.0 Å². The van der Waals surface area contributed by atoms with Crippen molar-refractivity contribution in [3.05, 3.63) is 18.2 Å². The van der Waals surface area contributed by atoms with Crippen molar-refractivity contribution < 1.29 is 9.59 Å². The van der Waals surface area contributed by atoms with Crippen molar-refractivity contribution in [2.75, 3.05) is 19.6 Å². The van der Waals surface area contributed by atoms with Gasteiger partial charge in [-0.2, -0.15) is 0 Å². The molecule has 110 valence electrons. The first kappa shape index (κ1) is 14.5. The van der Waals surface area contributed by atoms with E-state index in [9.17, 15) is 9.59 Å². The normalized spacial score (nSPS) is 16.5. The summed E-state index contributed by atoms with van der Waals surface area (Å²) in [6, 6.07) is -0.0933. The zero-order valence-corrected chi connectivity index (χ0v) is 11.7. The van der Waals surface area contributed by atoms with Crippen LogP contribution < -0.4 is 11.1 Å². The van der Waals surface area contributed by atoms with E-state index in [1.165, 1.54) is 0 Å². The number of nitrogens with two attached hydrogens (primary N) is 1. The minimum atomic E-state index is -0.222. The predicted octanol–water partition coefficient (Wildman–Crippen LogP) is -0.417. The molecule has 2 amide bonds. The average molecular weight is 279 g/mol. The van der Waals surface area contributed by atoms with Crippen molar-refractivity contribution in [1.29, 1.82) is 0 Å². The number of rotatable bonds is 6. The lowest BCUT2D eigenvalue weighted by Gasteiger charge is -2.21. The molecule has 7 nitrogen and oxygen atoms in total. The summed E-state index contributed by atoms with van der Waals surface area (Å²) >= 11 is 0. The Labute approximate surface area is 118 Å². The second kappa shape index (κ2) is 6.51. The summed E-state index contributed by atoms with van der Waals surface area (Å²) in [6.07, 6.45) is 4.79. The van der Waals surface area contributed by atoms with Crippen LogP contribution in [0.1, 0.15) is 30.3 Å². The second-order valence-corrected chi connectivity index (χ2v) is 5.10. The monoisotopic (exact) mass is 279 g/mol. The molecule has 0 bridgehead atoms. The van der Waals surface area contributed by atoms with Crippen LogP contribution in [0.25, 0.3) is 0 Å². The first-order valence-corrected chi connectivity index (χ1v) is 6.90. The van der Waals surface area contributed by atoms with Gasteiger partial charge in [0.15, 0.2) is 0 Å². The Hall–Kier alpha value is -1.89. The van der Waals surface area contributed by atoms with E-state index in [2.05, 4.69) is 10.3 Å². The molecular formula is C13H21N5O2. The Morgan fingerprint density at radius 3 is 3.05 bits per heavy atom. The van der Waals surface area contributed by atoms with Gasteiger partial charge in [0.05, 0.1) is 6.33 Å². The van der Waals surface area contributed by atoms with E-state index in [1.54, 1.807) is 22.0 Å². The quantitative estimate of drug-likeness (QED) is 0.740. The van der Waals surface area contributed by atoms with Crippen LogP contribution >= 0.6 is 0 Å². The molecule has 0 saturated carbocycles. The van der Waals surface area contributed by atoms with Gasteiger partial charge in [0, 0.05) is 44.8 Å². The molecule has 0 radical (unpaired) electrons. The van der Waals surface area contributed by atoms with Gasteiger partial charge in [0.1, 0.15) is 5.69 Å². The number of hydrogen-bond donors (Lipinski definition) is 2. The average Bonchev–Trinajstić information content (AvgIpc) is 3.00. The summed E-state index contributed by atoms with van der Waals surface area (Å²) in [5.74, 6) is -0.0572. The highest BCUT2D eigenvalue weighted by Gasteiger charge is 2.22. The van der Waals surface area contributed by atoms with Gasteiger partial charge >= 0.3 is 0 Å². The summed E-state index contributed by atoms with van der Waals surface area (Å²) in [6.45, 7) is 4.36. The van der Waals surface area contributed by atoms with Crippen molar-refractivity contribution in [2.45, 2.75) is 32.4 Å². The van der Waals surface area contributed by atoms with Crippen molar-refractivity contribution >= 4 is 11.8 Å². The van der Waals surface area contributed by atoms with Crippen molar-refractivity contribution in [2.24, 2.45) is 5.73 Å². The predicted molar refractivity (Wildman–Crippen MR) is 74.0 cm³/mol. The van der Waals surface area contributed by atoms with E-state index >= 15 is 0 Å². The van der Waals surface area contributed by atoms with Gasteiger partial charge in [0.25, 0.3) is 5.91 Å². The van der Waals surface area contributed by atoms with E-state index < -0.39 is 0 Å². The third kappa shape index (κ3) is 3.57. The summed E-state index contributed by atoms with van der Waals surface area (Å²) in [4.78, 5) is 29.4. The summed E-state index contributed by atoms with van der Waals surface area (Å²) in [5.41, 5.74) is 5.82. The molecule has 2 rings (SSSR count). The molecule has 1 aliphatic rings. The Morgan fingerprint density at radius 1 is 1.60 bits per heavy atom. The van der Waals surface area contributed by atoms with Crippen LogP contribution in [0.5, 0.6) is 0 Å². The zero-order valence-electron chi connectivity index (χ0n) is 11.7. The Kier molecular flexibility index (Phi) is 4.73.